The SMILES string of the molecule is O=C(O)C(F)(F)Cc1cccc2[nH]ccc12. The summed E-state index contributed by atoms with van der Waals surface area (Å²) in [4.78, 5) is 13.2. The van der Waals surface area contributed by atoms with E-state index >= 15 is 0 Å². The maximum Gasteiger partial charge on any atom is 0.374 e. The molecule has 16 heavy (non-hydrogen) atoms. The number of carboxylic acids is 1. The Bertz CT molecular complexity index is 534. The summed E-state index contributed by atoms with van der Waals surface area (Å²) in [7, 11) is 0. The first-order valence-electron chi connectivity index (χ1n) is 4.67. The molecule has 0 saturated carbocycles. The van der Waals surface area contributed by atoms with Crippen molar-refractivity contribution in [3.63, 3.8) is 0 Å². The molecule has 0 saturated heterocycles. The molecule has 0 aliphatic carbocycles. The predicted octanol–water partition coefficient (Wildman–Crippen LogP) is 2.43. The van der Waals surface area contributed by atoms with Crippen LogP contribution in [0.5, 0.6) is 0 Å². The first kappa shape index (κ1) is 10.6. The number of halogens is 2. The number of aliphatic carboxylic acids is 1. The van der Waals surface area contributed by atoms with Crippen molar-refractivity contribution in [3.8, 4) is 0 Å². The molecule has 1 heterocycles. The zero-order chi connectivity index (χ0) is 11.8. The highest BCUT2D eigenvalue weighted by atomic mass is 19.3. The van der Waals surface area contributed by atoms with Gasteiger partial charge >= 0.3 is 11.9 Å². The number of carbonyl (C=O) groups is 1. The van der Waals surface area contributed by atoms with Gasteiger partial charge in [-0.25, -0.2) is 4.79 Å². The number of hydrogen-bond acceptors (Lipinski definition) is 1. The molecule has 0 spiro atoms. The number of alkyl halides is 2. The van der Waals surface area contributed by atoms with Gasteiger partial charge in [0.1, 0.15) is 0 Å². The fourth-order valence-corrected chi connectivity index (χ4v) is 1.62. The third-order valence-corrected chi connectivity index (χ3v) is 2.41. The molecule has 0 unspecified atom stereocenters. The second kappa shape index (κ2) is 3.59. The van der Waals surface area contributed by atoms with Gasteiger partial charge in [0, 0.05) is 23.5 Å². The van der Waals surface area contributed by atoms with Crippen molar-refractivity contribution in [2.75, 3.05) is 0 Å². The lowest BCUT2D eigenvalue weighted by molar-refractivity contribution is -0.164. The molecule has 0 bridgehead atoms. The summed E-state index contributed by atoms with van der Waals surface area (Å²) in [5, 5.41) is 9.00. The Labute approximate surface area is 89.7 Å². The number of benzene rings is 1. The van der Waals surface area contributed by atoms with E-state index in [1.165, 1.54) is 6.07 Å². The number of H-pyrrole nitrogens is 1. The van der Waals surface area contributed by atoms with E-state index in [1.54, 1.807) is 24.4 Å². The lowest BCUT2D eigenvalue weighted by Gasteiger charge is -2.11. The van der Waals surface area contributed by atoms with Gasteiger partial charge in [0.05, 0.1) is 0 Å². The highest BCUT2D eigenvalue weighted by Crippen LogP contribution is 2.25. The molecule has 0 amide bonds. The van der Waals surface area contributed by atoms with E-state index in [4.69, 9.17) is 5.11 Å². The van der Waals surface area contributed by atoms with E-state index in [9.17, 15) is 13.6 Å². The standard InChI is InChI=1S/C11H9F2NO2/c12-11(13,10(15)16)6-7-2-1-3-9-8(7)4-5-14-9/h1-5,14H,6H2,(H,15,16). The minimum absolute atomic E-state index is 0.325. The van der Waals surface area contributed by atoms with Crippen LogP contribution in [-0.2, 0) is 11.2 Å². The van der Waals surface area contributed by atoms with Crippen LogP contribution in [0.3, 0.4) is 0 Å². The lowest BCUT2D eigenvalue weighted by Crippen LogP contribution is -2.30. The lowest BCUT2D eigenvalue weighted by atomic mass is 10.0. The van der Waals surface area contributed by atoms with Gasteiger partial charge in [0.25, 0.3) is 0 Å². The summed E-state index contributed by atoms with van der Waals surface area (Å²) in [5.41, 5.74) is 1.05. The van der Waals surface area contributed by atoms with Gasteiger partial charge in [-0.2, -0.15) is 8.78 Å². The van der Waals surface area contributed by atoms with Crippen LogP contribution in [0.25, 0.3) is 10.9 Å². The van der Waals surface area contributed by atoms with Crippen molar-refractivity contribution in [3.05, 3.63) is 36.0 Å². The Morgan fingerprint density at radius 2 is 2.12 bits per heavy atom. The van der Waals surface area contributed by atoms with Crippen molar-refractivity contribution >= 4 is 16.9 Å². The smallest absolute Gasteiger partial charge is 0.374 e. The fraction of sp³-hybridized carbons (Fsp3) is 0.182. The van der Waals surface area contributed by atoms with Crippen molar-refractivity contribution in [1.29, 1.82) is 0 Å². The Balaban J connectivity index is 2.41. The number of aromatic amines is 1. The van der Waals surface area contributed by atoms with Crippen molar-refractivity contribution in [1.82, 2.24) is 4.98 Å². The highest BCUT2D eigenvalue weighted by molar-refractivity contribution is 5.84. The van der Waals surface area contributed by atoms with Gasteiger partial charge in [0.2, 0.25) is 0 Å². The molecule has 0 fully saturated rings. The minimum Gasteiger partial charge on any atom is -0.477 e. The Morgan fingerprint density at radius 1 is 1.38 bits per heavy atom. The number of aromatic nitrogens is 1. The molecule has 0 radical (unpaired) electrons. The van der Waals surface area contributed by atoms with E-state index in [1.807, 2.05) is 0 Å². The van der Waals surface area contributed by atoms with Crippen molar-refractivity contribution in [2.45, 2.75) is 12.3 Å². The van der Waals surface area contributed by atoms with Crippen LogP contribution < -0.4 is 0 Å². The van der Waals surface area contributed by atoms with E-state index in [0.717, 1.165) is 5.52 Å². The summed E-state index contributed by atoms with van der Waals surface area (Å²) in [6, 6.07) is 6.53. The van der Waals surface area contributed by atoms with Crippen molar-refractivity contribution in [2.24, 2.45) is 0 Å². The topological polar surface area (TPSA) is 53.1 Å². The maximum absolute atomic E-state index is 13.1. The molecule has 2 rings (SSSR count). The first-order valence-corrected chi connectivity index (χ1v) is 4.67. The van der Waals surface area contributed by atoms with E-state index < -0.39 is 18.3 Å². The first-order chi connectivity index (χ1) is 7.50. The van der Waals surface area contributed by atoms with E-state index in [-0.39, 0.29) is 0 Å². The molecule has 2 N–H and O–H groups in total. The molecule has 3 nitrogen and oxygen atoms in total. The third kappa shape index (κ3) is 1.76. The molecular formula is C11H9F2NO2. The largest absolute Gasteiger partial charge is 0.477 e. The molecule has 0 aliphatic heterocycles. The van der Waals surface area contributed by atoms with Crippen LogP contribution in [0.4, 0.5) is 8.78 Å². The molecule has 1 aromatic heterocycles. The van der Waals surface area contributed by atoms with Crippen molar-refractivity contribution < 1.29 is 18.7 Å². The Morgan fingerprint density at radius 3 is 2.81 bits per heavy atom. The van der Waals surface area contributed by atoms with Crippen LogP contribution >= 0.6 is 0 Å². The molecule has 2 aromatic rings. The summed E-state index contributed by atoms with van der Waals surface area (Å²) in [6.07, 6.45) is 0.838. The molecule has 5 heteroatoms. The zero-order valence-electron chi connectivity index (χ0n) is 8.21. The normalized spacial score (nSPS) is 11.9. The van der Waals surface area contributed by atoms with Gasteiger partial charge in [-0.05, 0) is 17.7 Å². The molecular weight excluding hydrogens is 216 g/mol. The second-order valence-electron chi connectivity index (χ2n) is 3.54. The van der Waals surface area contributed by atoms with Gasteiger partial charge in [-0.15, -0.1) is 0 Å². The summed E-state index contributed by atoms with van der Waals surface area (Å²) < 4.78 is 26.1. The maximum atomic E-state index is 13.1. The van der Waals surface area contributed by atoms with E-state index in [2.05, 4.69) is 4.98 Å². The molecule has 0 aliphatic rings. The van der Waals surface area contributed by atoms with Crippen LogP contribution in [0.2, 0.25) is 0 Å². The second-order valence-corrected chi connectivity index (χ2v) is 3.54. The number of rotatable bonds is 3. The van der Waals surface area contributed by atoms with Gasteiger partial charge < -0.3 is 10.1 Å². The Kier molecular flexibility index (Phi) is 2.38. The molecule has 1 aromatic carbocycles. The van der Waals surface area contributed by atoms with Crippen LogP contribution in [0, 0.1) is 0 Å². The number of nitrogens with one attached hydrogen (secondary N) is 1. The molecule has 0 atom stereocenters. The Hall–Kier alpha value is -1.91. The summed E-state index contributed by atoms with van der Waals surface area (Å²) in [5.74, 6) is -5.83. The predicted molar refractivity (Wildman–Crippen MR) is 54.6 cm³/mol. The number of fused-ring (bicyclic) bond motifs is 1. The summed E-state index contributed by atoms with van der Waals surface area (Å²) in [6.45, 7) is 0. The fourth-order valence-electron chi connectivity index (χ4n) is 1.62. The minimum atomic E-state index is -3.73. The zero-order valence-corrected chi connectivity index (χ0v) is 8.21. The quantitative estimate of drug-likeness (QED) is 0.842. The van der Waals surface area contributed by atoms with Gasteiger partial charge in [0.15, 0.2) is 0 Å². The van der Waals surface area contributed by atoms with Gasteiger partial charge in [-0.1, -0.05) is 12.1 Å². The highest BCUT2D eigenvalue weighted by Gasteiger charge is 2.39. The number of hydrogen-bond donors (Lipinski definition) is 2. The van der Waals surface area contributed by atoms with Gasteiger partial charge in [-0.3, -0.25) is 0 Å². The monoisotopic (exact) mass is 225 g/mol. The molecule has 84 valence electrons. The average molecular weight is 225 g/mol. The van der Waals surface area contributed by atoms with Crippen LogP contribution in [0.15, 0.2) is 30.5 Å². The van der Waals surface area contributed by atoms with Crippen LogP contribution in [-0.4, -0.2) is 22.0 Å². The summed E-state index contributed by atoms with van der Waals surface area (Å²) >= 11 is 0. The van der Waals surface area contributed by atoms with E-state index in [0.29, 0.717) is 10.9 Å². The number of carboxylic acid groups (broad SMARTS) is 1. The van der Waals surface area contributed by atoms with Crippen LogP contribution in [0.1, 0.15) is 5.56 Å². The third-order valence-electron chi connectivity index (χ3n) is 2.41. The average Bonchev–Trinajstić information content (AvgIpc) is 2.65.